The van der Waals surface area contributed by atoms with Crippen LogP contribution in [0, 0.1) is 0 Å². The SMILES string of the molecule is CCCc1nc2c(c(=O)[nH]1)CCN(Cc1ccccc1OC(F)(F)F)C2. The van der Waals surface area contributed by atoms with E-state index in [0.717, 1.165) is 6.42 Å². The molecule has 0 amide bonds. The largest absolute Gasteiger partial charge is 0.573 e. The summed E-state index contributed by atoms with van der Waals surface area (Å²) in [5.74, 6) is 0.454. The molecule has 0 spiro atoms. The fraction of sp³-hybridized carbons (Fsp3) is 0.444. The van der Waals surface area contributed by atoms with E-state index < -0.39 is 6.36 Å². The number of ether oxygens (including phenoxy) is 1. The molecule has 5 nitrogen and oxygen atoms in total. The second-order valence-electron chi connectivity index (χ2n) is 6.30. The molecule has 0 radical (unpaired) electrons. The fourth-order valence-corrected chi connectivity index (χ4v) is 3.14. The smallest absolute Gasteiger partial charge is 0.405 e. The number of para-hydroxylation sites is 1. The Labute approximate surface area is 148 Å². The van der Waals surface area contributed by atoms with E-state index >= 15 is 0 Å². The second-order valence-corrected chi connectivity index (χ2v) is 6.30. The van der Waals surface area contributed by atoms with Crippen molar-refractivity contribution in [2.24, 2.45) is 0 Å². The lowest BCUT2D eigenvalue weighted by atomic mass is 10.0. The molecule has 26 heavy (non-hydrogen) atoms. The molecule has 0 saturated heterocycles. The first-order chi connectivity index (χ1) is 12.4. The quantitative estimate of drug-likeness (QED) is 0.882. The summed E-state index contributed by atoms with van der Waals surface area (Å²) in [6, 6.07) is 6.11. The summed E-state index contributed by atoms with van der Waals surface area (Å²) < 4.78 is 41.8. The zero-order valence-electron chi connectivity index (χ0n) is 14.4. The van der Waals surface area contributed by atoms with Crippen LogP contribution in [0.5, 0.6) is 5.75 Å². The monoisotopic (exact) mass is 367 g/mol. The third kappa shape index (κ3) is 4.43. The van der Waals surface area contributed by atoms with Gasteiger partial charge in [0.15, 0.2) is 0 Å². The van der Waals surface area contributed by atoms with Gasteiger partial charge in [-0.2, -0.15) is 0 Å². The molecule has 0 fully saturated rings. The number of aromatic amines is 1. The summed E-state index contributed by atoms with van der Waals surface area (Å²) in [4.78, 5) is 21.5. The van der Waals surface area contributed by atoms with Gasteiger partial charge in [-0.05, 0) is 18.9 Å². The number of alkyl halides is 3. The van der Waals surface area contributed by atoms with Crippen LogP contribution in [0.15, 0.2) is 29.1 Å². The molecule has 1 aromatic heterocycles. The zero-order chi connectivity index (χ0) is 18.7. The van der Waals surface area contributed by atoms with E-state index in [2.05, 4.69) is 14.7 Å². The summed E-state index contributed by atoms with van der Waals surface area (Å²) in [7, 11) is 0. The summed E-state index contributed by atoms with van der Waals surface area (Å²) in [6.45, 7) is 3.30. The van der Waals surface area contributed by atoms with Crippen molar-refractivity contribution in [2.75, 3.05) is 6.54 Å². The molecular weight excluding hydrogens is 347 g/mol. The number of hydrogen-bond donors (Lipinski definition) is 1. The van der Waals surface area contributed by atoms with E-state index in [1.54, 1.807) is 12.1 Å². The maximum Gasteiger partial charge on any atom is 0.573 e. The minimum absolute atomic E-state index is 0.112. The Morgan fingerprint density at radius 3 is 2.81 bits per heavy atom. The Morgan fingerprint density at radius 2 is 2.08 bits per heavy atom. The van der Waals surface area contributed by atoms with Crippen LogP contribution >= 0.6 is 0 Å². The Bertz CT molecular complexity index is 833. The average molecular weight is 367 g/mol. The molecule has 140 valence electrons. The minimum atomic E-state index is -4.73. The van der Waals surface area contributed by atoms with Crippen molar-refractivity contribution in [1.82, 2.24) is 14.9 Å². The maximum atomic E-state index is 12.6. The Morgan fingerprint density at radius 1 is 1.31 bits per heavy atom. The molecule has 0 atom stereocenters. The van der Waals surface area contributed by atoms with Gasteiger partial charge in [0.25, 0.3) is 5.56 Å². The van der Waals surface area contributed by atoms with Gasteiger partial charge in [0.2, 0.25) is 0 Å². The molecule has 2 heterocycles. The first-order valence-corrected chi connectivity index (χ1v) is 8.52. The van der Waals surface area contributed by atoms with Crippen LogP contribution in [0.25, 0.3) is 0 Å². The predicted molar refractivity (Wildman–Crippen MR) is 89.8 cm³/mol. The first kappa shape index (κ1) is 18.4. The summed E-state index contributed by atoms with van der Waals surface area (Å²) in [6.07, 6.45) is -2.65. The first-order valence-electron chi connectivity index (χ1n) is 8.52. The number of fused-ring (bicyclic) bond motifs is 1. The second kappa shape index (κ2) is 7.49. The minimum Gasteiger partial charge on any atom is -0.405 e. The molecule has 0 bridgehead atoms. The standard InChI is InChI=1S/C18H20F3N3O2/c1-2-5-16-22-14-11-24(9-8-13(14)17(25)23-16)10-12-6-3-4-7-15(12)26-18(19,20)21/h3-4,6-7H,2,5,8-11H2,1H3,(H,22,23,25). The van der Waals surface area contributed by atoms with Crippen LogP contribution in [-0.2, 0) is 25.9 Å². The third-order valence-electron chi connectivity index (χ3n) is 4.28. The van der Waals surface area contributed by atoms with Crippen LogP contribution in [-0.4, -0.2) is 27.8 Å². The maximum absolute atomic E-state index is 12.6. The lowest BCUT2D eigenvalue weighted by Gasteiger charge is -2.28. The van der Waals surface area contributed by atoms with Crippen molar-refractivity contribution in [3.63, 3.8) is 0 Å². The van der Waals surface area contributed by atoms with Crippen LogP contribution in [0.4, 0.5) is 13.2 Å². The molecule has 1 aromatic carbocycles. The van der Waals surface area contributed by atoms with Gasteiger partial charge in [-0.1, -0.05) is 25.1 Å². The van der Waals surface area contributed by atoms with E-state index in [0.29, 0.717) is 55.1 Å². The van der Waals surface area contributed by atoms with Gasteiger partial charge in [0.1, 0.15) is 11.6 Å². The molecule has 2 aromatic rings. The fourth-order valence-electron chi connectivity index (χ4n) is 3.14. The molecule has 0 saturated carbocycles. The Kier molecular flexibility index (Phi) is 5.31. The van der Waals surface area contributed by atoms with E-state index in [4.69, 9.17) is 0 Å². The van der Waals surface area contributed by atoms with Gasteiger partial charge in [-0.25, -0.2) is 4.98 Å². The van der Waals surface area contributed by atoms with E-state index in [9.17, 15) is 18.0 Å². The number of benzene rings is 1. The van der Waals surface area contributed by atoms with Crippen molar-refractivity contribution in [3.8, 4) is 5.75 Å². The predicted octanol–water partition coefficient (Wildman–Crippen LogP) is 3.18. The molecule has 1 aliphatic rings. The highest BCUT2D eigenvalue weighted by atomic mass is 19.4. The number of hydrogen-bond acceptors (Lipinski definition) is 4. The van der Waals surface area contributed by atoms with Crippen molar-refractivity contribution >= 4 is 0 Å². The normalized spacial score (nSPS) is 14.9. The summed E-state index contributed by atoms with van der Waals surface area (Å²) in [5.41, 5.74) is 1.71. The Balaban J connectivity index is 1.79. The van der Waals surface area contributed by atoms with Crippen LogP contribution in [0.1, 0.15) is 36.0 Å². The molecule has 8 heteroatoms. The molecule has 0 aliphatic carbocycles. The number of aryl methyl sites for hydroxylation is 1. The number of halogens is 3. The van der Waals surface area contributed by atoms with Gasteiger partial charge in [0, 0.05) is 37.2 Å². The number of rotatable bonds is 5. The third-order valence-corrected chi connectivity index (χ3v) is 4.28. The van der Waals surface area contributed by atoms with Gasteiger partial charge in [-0.15, -0.1) is 13.2 Å². The molecule has 3 rings (SSSR count). The van der Waals surface area contributed by atoms with Crippen molar-refractivity contribution < 1.29 is 17.9 Å². The van der Waals surface area contributed by atoms with Crippen LogP contribution in [0.2, 0.25) is 0 Å². The van der Waals surface area contributed by atoms with Crippen LogP contribution < -0.4 is 10.3 Å². The van der Waals surface area contributed by atoms with Crippen molar-refractivity contribution in [1.29, 1.82) is 0 Å². The molecule has 0 unspecified atom stereocenters. The summed E-state index contributed by atoms with van der Waals surface area (Å²) >= 11 is 0. The number of H-pyrrole nitrogens is 1. The topological polar surface area (TPSA) is 58.2 Å². The average Bonchev–Trinajstić information content (AvgIpc) is 2.55. The van der Waals surface area contributed by atoms with Crippen LogP contribution in [0.3, 0.4) is 0 Å². The lowest BCUT2D eigenvalue weighted by Crippen LogP contribution is -2.35. The van der Waals surface area contributed by atoms with Crippen molar-refractivity contribution in [3.05, 3.63) is 57.3 Å². The zero-order valence-corrected chi connectivity index (χ0v) is 14.4. The van der Waals surface area contributed by atoms with E-state index in [1.165, 1.54) is 12.1 Å². The van der Waals surface area contributed by atoms with Gasteiger partial charge >= 0.3 is 6.36 Å². The van der Waals surface area contributed by atoms with Gasteiger partial charge in [0.05, 0.1) is 5.69 Å². The highest BCUT2D eigenvalue weighted by Crippen LogP contribution is 2.28. The molecule has 1 aliphatic heterocycles. The number of nitrogens with one attached hydrogen (secondary N) is 1. The summed E-state index contributed by atoms with van der Waals surface area (Å²) in [5, 5.41) is 0. The number of aromatic nitrogens is 2. The highest BCUT2D eigenvalue weighted by molar-refractivity contribution is 5.33. The lowest BCUT2D eigenvalue weighted by molar-refractivity contribution is -0.275. The number of nitrogens with zero attached hydrogens (tertiary/aromatic N) is 2. The van der Waals surface area contributed by atoms with Crippen molar-refractivity contribution in [2.45, 2.75) is 45.6 Å². The van der Waals surface area contributed by atoms with Gasteiger partial charge in [-0.3, -0.25) is 9.69 Å². The van der Waals surface area contributed by atoms with Gasteiger partial charge < -0.3 is 9.72 Å². The Hall–Kier alpha value is -2.35. The molecule has 1 N–H and O–H groups in total. The van der Waals surface area contributed by atoms with E-state index in [-0.39, 0.29) is 11.3 Å². The molecular formula is C18H20F3N3O2. The van der Waals surface area contributed by atoms with E-state index in [1.807, 2.05) is 11.8 Å². The highest BCUT2D eigenvalue weighted by Gasteiger charge is 2.32.